The first-order valence-electron chi connectivity index (χ1n) is 7.95. The molecule has 0 atom stereocenters. The van der Waals surface area contributed by atoms with Crippen molar-refractivity contribution >= 4 is 12.0 Å². The Hall–Kier alpha value is -1.63. The van der Waals surface area contributed by atoms with E-state index >= 15 is 0 Å². The Morgan fingerprint density at radius 3 is 2.59 bits per heavy atom. The van der Waals surface area contributed by atoms with Crippen LogP contribution >= 0.6 is 0 Å². The summed E-state index contributed by atoms with van der Waals surface area (Å²) in [4.78, 5) is 16.2. The normalized spacial score (nSPS) is 20.6. The minimum absolute atomic E-state index is 0.000646. The van der Waals surface area contributed by atoms with E-state index in [0.717, 1.165) is 25.8 Å². The van der Waals surface area contributed by atoms with E-state index in [2.05, 4.69) is 60.7 Å². The van der Waals surface area contributed by atoms with Crippen LogP contribution < -0.4 is 16.0 Å². The summed E-state index contributed by atoms with van der Waals surface area (Å²) in [6.45, 7) is 11.5. The molecule has 0 radical (unpaired) electrons. The van der Waals surface area contributed by atoms with Crippen LogP contribution in [0.1, 0.15) is 53.9 Å². The van der Waals surface area contributed by atoms with E-state index in [1.54, 1.807) is 11.0 Å². The first-order valence-corrected chi connectivity index (χ1v) is 7.95. The van der Waals surface area contributed by atoms with Gasteiger partial charge in [-0.2, -0.15) is 0 Å². The first kappa shape index (κ1) is 16.7. The van der Waals surface area contributed by atoms with Gasteiger partial charge in [0.2, 0.25) is 5.95 Å². The minimum Gasteiger partial charge on any atom is -0.335 e. The van der Waals surface area contributed by atoms with Gasteiger partial charge in [-0.25, -0.2) is 9.78 Å². The summed E-state index contributed by atoms with van der Waals surface area (Å²) in [6, 6.07) is -0.114. The Kier molecular flexibility index (Phi) is 4.75. The lowest BCUT2D eigenvalue weighted by atomic mass is 9.80. The monoisotopic (exact) mass is 308 g/mol. The van der Waals surface area contributed by atoms with Crippen LogP contribution in [0.15, 0.2) is 6.33 Å². The fourth-order valence-corrected chi connectivity index (χ4v) is 3.44. The van der Waals surface area contributed by atoms with Crippen molar-refractivity contribution in [2.24, 2.45) is 0 Å². The Bertz CT molecular complexity index is 506. The van der Waals surface area contributed by atoms with Crippen LogP contribution in [0.5, 0.6) is 0 Å². The molecule has 2 rings (SSSR count). The predicted molar refractivity (Wildman–Crippen MR) is 86.8 cm³/mol. The third-order valence-corrected chi connectivity index (χ3v) is 3.74. The molecule has 2 heterocycles. The van der Waals surface area contributed by atoms with Crippen LogP contribution in [0, 0.1) is 0 Å². The van der Waals surface area contributed by atoms with Crippen molar-refractivity contribution in [2.45, 2.75) is 77.5 Å². The highest BCUT2D eigenvalue weighted by Gasteiger charge is 2.38. The quantitative estimate of drug-likeness (QED) is 0.795. The third-order valence-electron chi connectivity index (χ3n) is 3.74. The van der Waals surface area contributed by atoms with Gasteiger partial charge in [0.15, 0.2) is 0 Å². The Morgan fingerprint density at radius 1 is 1.36 bits per heavy atom. The highest BCUT2D eigenvalue weighted by atomic mass is 16.2. The maximum atomic E-state index is 12.1. The lowest BCUT2D eigenvalue weighted by Crippen LogP contribution is -2.62. The van der Waals surface area contributed by atoms with E-state index in [-0.39, 0.29) is 23.2 Å². The predicted octanol–water partition coefficient (Wildman–Crippen LogP) is 2.12. The van der Waals surface area contributed by atoms with Gasteiger partial charge in [0.05, 0.1) is 0 Å². The van der Waals surface area contributed by atoms with Gasteiger partial charge in [-0.1, -0.05) is 6.92 Å². The van der Waals surface area contributed by atoms with Crippen molar-refractivity contribution in [1.29, 1.82) is 0 Å². The molecule has 1 aliphatic heterocycles. The van der Waals surface area contributed by atoms with E-state index in [1.165, 1.54) is 0 Å². The second kappa shape index (κ2) is 6.24. The molecular formula is C15H28N6O. The Balaban J connectivity index is 1.90. The summed E-state index contributed by atoms with van der Waals surface area (Å²) >= 11 is 0. The number of nitrogens with zero attached hydrogens (tertiary/aromatic N) is 3. The zero-order valence-electron chi connectivity index (χ0n) is 14.2. The maximum absolute atomic E-state index is 12.1. The Labute approximate surface area is 132 Å². The summed E-state index contributed by atoms with van der Waals surface area (Å²) in [5.41, 5.74) is 0.00129. The average Bonchev–Trinajstić information content (AvgIpc) is 2.72. The highest BCUT2D eigenvalue weighted by Crippen LogP contribution is 2.28. The molecule has 7 heteroatoms. The molecule has 1 saturated heterocycles. The number of anilines is 1. The van der Waals surface area contributed by atoms with Crippen molar-refractivity contribution in [2.75, 3.05) is 5.32 Å². The summed E-state index contributed by atoms with van der Waals surface area (Å²) < 4.78 is 1.73. The molecule has 0 spiro atoms. The molecule has 1 aliphatic rings. The van der Waals surface area contributed by atoms with Crippen LogP contribution in [0.3, 0.4) is 0 Å². The number of piperidine rings is 1. The van der Waals surface area contributed by atoms with E-state index < -0.39 is 0 Å². The minimum atomic E-state index is -0.243. The number of hydrogen-bond donors (Lipinski definition) is 3. The van der Waals surface area contributed by atoms with Gasteiger partial charge < -0.3 is 10.6 Å². The van der Waals surface area contributed by atoms with Crippen molar-refractivity contribution in [1.82, 2.24) is 25.4 Å². The van der Waals surface area contributed by atoms with Gasteiger partial charge in [-0.05, 0) is 47.0 Å². The number of urea groups is 1. The van der Waals surface area contributed by atoms with E-state index in [9.17, 15) is 4.79 Å². The molecule has 22 heavy (non-hydrogen) atoms. The third kappa shape index (κ3) is 4.69. The van der Waals surface area contributed by atoms with Crippen molar-refractivity contribution < 1.29 is 4.79 Å². The summed E-state index contributed by atoms with van der Waals surface area (Å²) in [6.07, 6.45) is 4.40. The topological polar surface area (TPSA) is 83.9 Å². The van der Waals surface area contributed by atoms with E-state index in [1.807, 2.05) is 0 Å². The molecule has 1 aromatic rings. The standard InChI is InChI=1S/C15H28N6O/c1-6-7-21-10-16-12(19-21)18-13(22)17-11-8-14(2,3)20-15(4,5)9-11/h10-11,20H,6-9H2,1-5H3,(H2,17,18,19,22). The van der Waals surface area contributed by atoms with Gasteiger partial charge in [-0.15, -0.1) is 5.10 Å². The van der Waals surface area contributed by atoms with Gasteiger partial charge in [-0.3, -0.25) is 10.00 Å². The second-order valence-electron chi connectivity index (χ2n) is 7.43. The van der Waals surface area contributed by atoms with Gasteiger partial charge in [0.25, 0.3) is 0 Å². The van der Waals surface area contributed by atoms with Crippen LogP contribution in [0.2, 0.25) is 0 Å². The maximum Gasteiger partial charge on any atom is 0.321 e. The van der Waals surface area contributed by atoms with Crippen molar-refractivity contribution in [3.63, 3.8) is 0 Å². The van der Waals surface area contributed by atoms with Crippen LogP contribution in [0.4, 0.5) is 10.7 Å². The Morgan fingerprint density at radius 2 is 2.00 bits per heavy atom. The van der Waals surface area contributed by atoms with Crippen LogP contribution in [-0.4, -0.2) is 37.9 Å². The largest absolute Gasteiger partial charge is 0.335 e. The second-order valence-corrected chi connectivity index (χ2v) is 7.43. The fourth-order valence-electron chi connectivity index (χ4n) is 3.44. The van der Waals surface area contributed by atoms with Crippen LogP contribution in [-0.2, 0) is 6.54 Å². The molecule has 1 aromatic heterocycles. The molecule has 0 unspecified atom stereocenters. The van der Waals surface area contributed by atoms with E-state index in [4.69, 9.17) is 0 Å². The number of nitrogens with one attached hydrogen (secondary N) is 3. The average molecular weight is 308 g/mol. The molecular weight excluding hydrogens is 280 g/mol. The molecule has 0 aliphatic carbocycles. The molecule has 3 N–H and O–H groups in total. The van der Waals surface area contributed by atoms with Crippen molar-refractivity contribution in [3.8, 4) is 0 Å². The number of carbonyl (C=O) groups is 1. The zero-order chi connectivity index (χ0) is 16.4. The zero-order valence-corrected chi connectivity index (χ0v) is 14.2. The summed E-state index contributed by atoms with van der Waals surface area (Å²) in [7, 11) is 0. The summed E-state index contributed by atoms with van der Waals surface area (Å²) in [5, 5.41) is 13.6. The van der Waals surface area contributed by atoms with Crippen molar-refractivity contribution in [3.05, 3.63) is 6.33 Å². The number of hydrogen-bond acceptors (Lipinski definition) is 4. The fraction of sp³-hybridized carbons (Fsp3) is 0.800. The van der Waals surface area contributed by atoms with Gasteiger partial charge in [0, 0.05) is 23.7 Å². The number of carbonyl (C=O) groups excluding carboxylic acids is 1. The van der Waals surface area contributed by atoms with E-state index in [0.29, 0.717) is 5.95 Å². The molecule has 7 nitrogen and oxygen atoms in total. The number of aromatic nitrogens is 3. The molecule has 124 valence electrons. The lowest BCUT2D eigenvalue weighted by Gasteiger charge is -2.46. The molecule has 0 aromatic carbocycles. The number of aryl methyl sites for hydroxylation is 1. The lowest BCUT2D eigenvalue weighted by molar-refractivity contribution is 0.149. The van der Waals surface area contributed by atoms with Gasteiger partial charge >= 0.3 is 6.03 Å². The number of rotatable bonds is 4. The molecule has 1 fully saturated rings. The smallest absolute Gasteiger partial charge is 0.321 e. The van der Waals surface area contributed by atoms with Gasteiger partial charge in [0.1, 0.15) is 6.33 Å². The first-order chi connectivity index (χ1) is 10.2. The van der Waals surface area contributed by atoms with Crippen LogP contribution in [0.25, 0.3) is 0 Å². The SMILES string of the molecule is CCCn1cnc(NC(=O)NC2CC(C)(C)NC(C)(C)C2)n1. The molecule has 0 bridgehead atoms. The molecule has 0 saturated carbocycles. The summed E-state index contributed by atoms with van der Waals surface area (Å²) in [5.74, 6) is 0.346. The number of amides is 2. The molecule has 2 amide bonds. The highest BCUT2D eigenvalue weighted by molar-refractivity contribution is 5.87.